The third kappa shape index (κ3) is 5.40. The fraction of sp³-hybridized carbons (Fsp3) is 0.0149. The molecule has 4 heteroatoms. The van der Waals surface area contributed by atoms with Gasteiger partial charge in [-0.1, -0.05) is 182 Å². The Balaban J connectivity index is 1.07. The van der Waals surface area contributed by atoms with E-state index in [0.29, 0.717) is 5.56 Å². The molecule has 3 aromatic heterocycles. The lowest BCUT2D eigenvalue weighted by Crippen LogP contribution is -2.25. The van der Waals surface area contributed by atoms with Gasteiger partial charge >= 0.3 is 0 Å². The predicted molar refractivity (Wildman–Crippen MR) is 290 cm³/mol. The van der Waals surface area contributed by atoms with Crippen LogP contribution >= 0.6 is 0 Å². The predicted octanol–water partition coefficient (Wildman–Crippen LogP) is 16.5. The van der Waals surface area contributed by atoms with Crippen LogP contribution in [0.1, 0.15) is 27.8 Å². The molecule has 0 aliphatic heterocycles. The van der Waals surface area contributed by atoms with E-state index < -0.39 is 5.41 Å². The Bertz CT molecular complexity index is 4370. The highest BCUT2D eigenvalue weighted by Crippen LogP contribution is 2.64. The molecule has 1 spiro atoms. The van der Waals surface area contributed by atoms with Gasteiger partial charge in [-0.25, -0.2) is 0 Å². The van der Waals surface area contributed by atoms with E-state index >= 15 is 0 Å². The van der Waals surface area contributed by atoms with Crippen LogP contribution in [0.2, 0.25) is 0 Å². The number of nitrogens with zero attached hydrogens (tertiary/aromatic N) is 4. The first-order chi connectivity index (χ1) is 35.2. The van der Waals surface area contributed by atoms with Gasteiger partial charge in [0.25, 0.3) is 0 Å². The van der Waals surface area contributed by atoms with Gasteiger partial charge in [-0.15, -0.1) is 0 Å². The van der Waals surface area contributed by atoms with Gasteiger partial charge in [-0.05, 0) is 116 Å². The summed E-state index contributed by atoms with van der Waals surface area (Å²) in [5.41, 5.74) is 22.1. The Hall–Kier alpha value is -9.56. The van der Waals surface area contributed by atoms with E-state index in [1.165, 1.54) is 38.9 Å². The molecule has 0 N–H and O–H groups in total. The van der Waals surface area contributed by atoms with Crippen LogP contribution in [0.15, 0.2) is 243 Å². The molecule has 4 nitrogen and oxygen atoms in total. The molecule has 328 valence electrons. The number of aromatic nitrogens is 3. The first-order valence-corrected chi connectivity index (χ1v) is 24.3. The molecule has 0 unspecified atom stereocenters. The molecule has 0 bridgehead atoms. The molecule has 15 rings (SSSR count). The zero-order valence-electron chi connectivity index (χ0n) is 38.4. The summed E-state index contributed by atoms with van der Waals surface area (Å²) in [6, 6.07) is 88.2. The van der Waals surface area contributed by atoms with E-state index in [1.807, 2.05) is 6.20 Å². The molecular weight excluding hydrogens is 861 g/mol. The molecule has 0 fully saturated rings. The number of nitriles is 1. The standard InChI is InChI=1S/C67H40N4/c68-41-46-39-64(71-60-31-14-10-24-50(60)53-38-45(33-35-62(53)71)43-19-5-2-6-20-43)54(40-63(46)70-59-30-13-9-23-49(59)52-37-44(32-34-61(52)70)42-17-3-1-4-18-42)51-25-15-28-57-65(51)66-58(29-16-36-69-66)67(57)55-26-11-7-21-47(55)48-22-8-12-27-56(48)67/h1-40H. The minimum absolute atomic E-state index is 0.576. The number of hydrogen-bond donors (Lipinski definition) is 0. The van der Waals surface area contributed by atoms with Gasteiger partial charge in [-0.3, -0.25) is 4.98 Å². The summed E-state index contributed by atoms with van der Waals surface area (Å²) < 4.78 is 4.70. The van der Waals surface area contributed by atoms with E-state index in [4.69, 9.17) is 4.98 Å². The Labute approximate surface area is 410 Å². The van der Waals surface area contributed by atoms with Crippen molar-refractivity contribution in [1.82, 2.24) is 14.1 Å². The molecule has 0 saturated heterocycles. The highest BCUT2D eigenvalue weighted by atomic mass is 15.0. The van der Waals surface area contributed by atoms with Crippen molar-refractivity contribution >= 4 is 43.6 Å². The molecule has 0 amide bonds. The van der Waals surface area contributed by atoms with Crippen molar-refractivity contribution in [1.29, 1.82) is 5.26 Å². The summed E-state index contributed by atoms with van der Waals surface area (Å²) in [6.45, 7) is 0. The van der Waals surface area contributed by atoms with E-state index in [9.17, 15) is 5.26 Å². The quantitative estimate of drug-likeness (QED) is 0.173. The van der Waals surface area contributed by atoms with Gasteiger partial charge < -0.3 is 9.13 Å². The second-order valence-corrected chi connectivity index (χ2v) is 18.9. The lowest BCUT2D eigenvalue weighted by Gasteiger charge is -2.30. The molecule has 0 radical (unpaired) electrons. The summed E-state index contributed by atoms with van der Waals surface area (Å²) >= 11 is 0. The Morgan fingerprint density at radius 1 is 0.352 bits per heavy atom. The van der Waals surface area contributed by atoms with Gasteiger partial charge in [0.15, 0.2) is 0 Å². The van der Waals surface area contributed by atoms with Crippen LogP contribution in [0, 0.1) is 11.3 Å². The van der Waals surface area contributed by atoms with Crippen molar-refractivity contribution in [3.63, 3.8) is 0 Å². The van der Waals surface area contributed by atoms with E-state index in [2.05, 4.69) is 252 Å². The minimum Gasteiger partial charge on any atom is -0.309 e. The second kappa shape index (κ2) is 15.0. The Morgan fingerprint density at radius 3 is 1.45 bits per heavy atom. The van der Waals surface area contributed by atoms with Gasteiger partial charge in [0, 0.05) is 38.9 Å². The molecule has 10 aromatic carbocycles. The minimum atomic E-state index is -0.582. The summed E-state index contributed by atoms with van der Waals surface area (Å²) in [7, 11) is 0. The zero-order chi connectivity index (χ0) is 46.8. The largest absolute Gasteiger partial charge is 0.309 e. The highest BCUT2D eigenvalue weighted by molar-refractivity contribution is 6.13. The zero-order valence-corrected chi connectivity index (χ0v) is 38.4. The van der Waals surface area contributed by atoms with E-state index in [0.717, 1.165) is 94.1 Å². The molecular formula is C67H40N4. The van der Waals surface area contributed by atoms with Crippen LogP contribution in [0.5, 0.6) is 0 Å². The summed E-state index contributed by atoms with van der Waals surface area (Å²) in [6.07, 6.45) is 1.94. The lowest BCUT2D eigenvalue weighted by atomic mass is 9.70. The maximum Gasteiger partial charge on any atom is 0.101 e. The van der Waals surface area contributed by atoms with Gasteiger partial charge in [0.05, 0.1) is 50.1 Å². The SMILES string of the molecule is N#Cc1cc(-n2c3ccccc3c3cc(-c4ccccc4)ccc32)c(-c2cccc3c2-c2ncccc2C32c3ccccc3-c3ccccc32)cc1-n1c2ccccc2c2cc(-c3ccccc3)ccc21. The van der Waals surface area contributed by atoms with Crippen LogP contribution in [0.4, 0.5) is 0 Å². The Kier molecular flexibility index (Phi) is 8.31. The molecule has 13 aromatic rings. The van der Waals surface area contributed by atoms with Crippen molar-refractivity contribution in [2.45, 2.75) is 5.41 Å². The van der Waals surface area contributed by atoms with Crippen molar-refractivity contribution < 1.29 is 0 Å². The van der Waals surface area contributed by atoms with Crippen LogP contribution < -0.4 is 0 Å². The molecule has 0 saturated carbocycles. The van der Waals surface area contributed by atoms with Crippen molar-refractivity contribution in [2.24, 2.45) is 0 Å². The summed E-state index contributed by atoms with van der Waals surface area (Å²) in [4.78, 5) is 5.34. The van der Waals surface area contributed by atoms with E-state index in [1.54, 1.807) is 0 Å². The number of hydrogen-bond acceptors (Lipinski definition) is 2. The van der Waals surface area contributed by atoms with Gasteiger partial charge in [0.2, 0.25) is 0 Å². The van der Waals surface area contributed by atoms with Gasteiger partial charge in [0.1, 0.15) is 6.07 Å². The van der Waals surface area contributed by atoms with Crippen molar-refractivity contribution in [3.8, 4) is 73.2 Å². The third-order valence-electron chi connectivity index (χ3n) is 15.4. The number of pyridine rings is 1. The molecule has 71 heavy (non-hydrogen) atoms. The number of fused-ring (bicyclic) bond motifs is 16. The normalized spacial score (nSPS) is 12.9. The maximum atomic E-state index is 11.6. The fourth-order valence-corrected chi connectivity index (χ4v) is 12.5. The average Bonchev–Trinajstić information content (AvgIpc) is 4.15. The molecule has 3 heterocycles. The van der Waals surface area contributed by atoms with Gasteiger partial charge in [-0.2, -0.15) is 5.26 Å². The number of rotatable bonds is 5. The van der Waals surface area contributed by atoms with E-state index in [-0.39, 0.29) is 0 Å². The lowest BCUT2D eigenvalue weighted by molar-refractivity contribution is 0.791. The average molecular weight is 901 g/mol. The summed E-state index contributed by atoms with van der Waals surface area (Å²) in [5.74, 6) is 0. The number of benzene rings is 10. The Morgan fingerprint density at radius 2 is 0.845 bits per heavy atom. The maximum absolute atomic E-state index is 11.6. The third-order valence-corrected chi connectivity index (χ3v) is 15.4. The second-order valence-electron chi connectivity index (χ2n) is 18.9. The monoisotopic (exact) mass is 900 g/mol. The molecule has 0 atom stereocenters. The topological polar surface area (TPSA) is 46.5 Å². The van der Waals surface area contributed by atoms with Crippen LogP contribution in [0.3, 0.4) is 0 Å². The molecule has 2 aliphatic carbocycles. The smallest absolute Gasteiger partial charge is 0.101 e. The first kappa shape index (κ1) is 39.4. The first-order valence-electron chi connectivity index (χ1n) is 24.3. The van der Waals surface area contributed by atoms with Crippen LogP contribution in [0.25, 0.3) is 111 Å². The van der Waals surface area contributed by atoms with Crippen LogP contribution in [-0.2, 0) is 5.41 Å². The highest BCUT2D eigenvalue weighted by Gasteiger charge is 2.52. The molecule has 2 aliphatic rings. The van der Waals surface area contributed by atoms with Crippen molar-refractivity contribution in [2.75, 3.05) is 0 Å². The summed E-state index contributed by atoms with van der Waals surface area (Å²) in [5, 5.41) is 16.1. The number of para-hydroxylation sites is 2. The van der Waals surface area contributed by atoms with Crippen molar-refractivity contribution in [3.05, 3.63) is 271 Å². The van der Waals surface area contributed by atoms with Crippen LogP contribution in [-0.4, -0.2) is 14.1 Å². The fourth-order valence-electron chi connectivity index (χ4n) is 12.5.